The van der Waals surface area contributed by atoms with E-state index in [4.69, 9.17) is 5.11 Å². The van der Waals surface area contributed by atoms with E-state index < -0.39 is 5.97 Å². The van der Waals surface area contributed by atoms with Gasteiger partial charge in [0.1, 0.15) is 4.88 Å². The molecule has 21 heavy (non-hydrogen) atoms. The normalized spacial score (nSPS) is 10.4. The molecule has 0 radical (unpaired) electrons. The molecule has 0 saturated heterocycles. The van der Waals surface area contributed by atoms with Crippen LogP contribution in [0.15, 0.2) is 24.3 Å². The molecule has 0 saturated carbocycles. The Hall–Kier alpha value is -2.21. The van der Waals surface area contributed by atoms with Crippen LogP contribution in [0.5, 0.6) is 0 Å². The Balaban J connectivity index is 2.17. The number of carboxylic acid groups (broad SMARTS) is 1. The van der Waals surface area contributed by atoms with Gasteiger partial charge in [-0.15, -0.1) is 11.3 Å². The standard InChI is InChI=1S/C15H16N2O3S/c1-9-14(21-10(2)16-9)15(20)17-12-6-4-3-5-11(12)7-8-13(18)19/h3-6H,7-8H2,1-2H3,(H,17,20)(H,18,19). The highest BCUT2D eigenvalue weighted by atomic mass is 32.1. The van der Waals surface area contributed by atoms with Crippen LogP contribution in [-0.4, -0.2) is 22.0 Å². The van der Waals surface area contributed by atoms with Crippen LogP contribution in [0.2, 0.25) is 0 Å². The van der Waals surface area contributed by atoms with E-state index >= 15 is 0 Å². The molecule has 2 N–H and O–H groups in total. The number of carboxylic acids is 1. The van der Waals surface area contributed by atoms with E-state index in [-0.39, 0.29) is 12.3 Å². The Morgan fingerprint density at radius 3 is 2.62 bits per heavy atom. The maximum Gasteiger partial charge on any atom is 0.303 e. The molecule has 0 fully saturated rings. The lowest BCUT2D eigenvalue weighted by molar-refractivity contribution is -0.136. The van der Waals surface area contributed by atoms with E-state index in [9.17, 15) is 9.59 Å². The minimum Gasteiger partial charge on any atom is -0.481 e. The molecule has 0 aliphatic carbocycles. The molecule has 2 rings (SSSR count). The molecule has 2 aromatic rings. The van der Waals surface area contributed by atoms with Crippen molar-refractivity contribution >= 4 is 28.9 Å². The van der Waals surface area contributed by atoms with Gasteiger partial charge in [0.25, 0.3) is 5.91 Å². The van der Waals surface area contributed by atoms with Crippen LogP contribution in [0.1, 0.15) is 32.4 Å². The number of carbonyl (C=O) groups is 2. The Kier molecular flexibility index (Phi) is 4.70. The van der Waals surface area contributed by atoms with Gasteiger partial charge in [-0.05, 0) is 31.9 Å². The quantitative estimate of drug-likeness (QED) is 0.890. The fourth-order valence-electron chi connectivity index (χ4n) is 2.02. The number of benzene rings is 1. The van der Waals surface area contributed by atoms with E-state index in [1.165, 1.54) is 11.3 Å². The van der Waals surface area contributed by atoms with Gasteiger partial charge in [-0.1, -0.05) is 18.2 Å². The summed E-state index contributed by atoms with van der Waals surface area (Å²) in [6.45, 7) is 3.66. The lowest BCUT2D eigenvalue weighted by Crippen LogP contribution is -2.13. The molecule has 1 aromatic heterocycles. The van der Waals surface area contributed by atoms with Crippen molar-refractivity contribution in [3.8, 4) is 0 Å². The second kappa shape index (κ2) is 6.49. The summed E-state index contributed by atoms with van der Waals surface area (Å²) in [5.74, 6) is -1.06. The SMILES string of the molecule is Cc1nc(C)c(C(=O)Nc2ccccc2CCC(=O)O)s1. The van der Waals surface area contributed by atoms with Crippen LogP contribution in [0.25, 0.3) is 0 Å². The summed E-state index contributed by atoms with van der Waals surface area (Å²) >= 11 is 1.35. The number of para-hydroxylation sites is 1. The number of rotatable bonds is 5. The van der Waals surface area contributed by atoms with E-state index in [1.54, 1.807) is 13.0 Å². The van der Waals surface area contributed by atoms with Crippen molar-refractivity contribution in [3.63, 3.8) is 0 Å². The number of hydrogen-bond donors (Lipinski definition) is 2. The van der Waals surface area contributed by atoms with Crippen LogP contribution in [0.3, 0.4) is 0 Å². The fraction of sp³-hybridized carbons (Fsp3) is 0.267. The van der Waals surface area contributed by atoms with Crippen LogP contribution in [0.4, 0.5) is 5.69 Å². The number of aryl methyl sites for hydroxylation is 3. The Morgan fingerprint density at radius 1 is 1.29 bits per heavy atom. The summed E-state index contributed by atoms with van der Waals surface area (Å²) in [6, 6.07) is 7.24. The zero-order chi connectivity index (χ0) is 15.4. The first-order chi connectivity index (χ1) is 9.97. The van der Waals surface area contributed by atoms with Crippen LogP contribution < -0.4 is 5.32 Å². The van der Waals surface area contributed by atoms with Gasteiger partial charge in [0.05, 0.1) is 10.7 Å². The summed E-state index contributed by atoms with van der Waals surface area (Å²) in [5.41, 5.74) is 2.17. The summed E-state index contributed by atoms with van der Waals surface area (Å²) in [5, 5.41) is 12.5. The number of hydrogen-bond acceptors (Lipinski definition) is 4. The monoisotopic (exact) mass is 304 g/mol. The molecular weight excluding hydrogens is 288 g/mol. The number of aliphatic carboxylic acids is 1. The second-order valence-electron chi connectivity index (χ2n) is 4.65. The van der Waals surface area contributed by atoms with Gasteiger partial charge in [-0.3, -0.25) is 9.59 Å². The summed E-state index contributed by atoms with van der Waals surface area (Å²) < 4.78 is 0. The van der Waals surface area contributed by atoms with Gasteiger partial charge in [0, 0.05) is 12.1 Å². The van der Waals surface area contributed by atoms with E-state index in [1.807, 2.05) is 25.1 Å². The van der Waals surface area contributed by atoms with Crippen molar-refractivity contribution < 1.29 is 14.7 Å². The fourth-order valence-corrected chi connectivity index (χ4v) is 2.84. The van der Waals surface area contributed by atoms with E-state index in [2.05, 4.69) is 10.3 Å². The molecule has 1 amide bonds. The van der Waals surface area contributed by atoms with Gasteiger partial charge < -0.3 is 10.4 Å². The van der Waals surface area contributed by atoms with Crippen molar-refractivity contribution in [2.45, 2.75) is 26.7 Å². The Morgan fingerprint density at radius 2 is 2.00 bits per heavy atom. The Labute approximate surface area is 126 Å². The summed E-state index contributed by atoms with van der Waals surface area (Å²) in [4.78, 5) is 27.8. The maximum atomic E-state index is 12.3. The minimum absolute atomic E-state index is 0.0333. The van der Waals surface area contributed by atoms with Crippen LogP contribution in [-0.2, 0) is 11.2 Å². The number of thiazole rings is 1. The average Bonchev–Trinajstić information content (AvgIpc) is 2.76. The van der Waals surface area contributed by atoms with Gasteiger partial charge >= 0.3 is 5.97 Å². The molecule has 1 heterocycles. The molecule has 110 valence electrons. The van der Waals surface area contributed by atoms with Gasteiger partial charge in [0.2, 0.25) is 0 Å². The zero-order valence-corrected chi connectivity index (χ0v) is 12.7. The number of nitrogens with one attached hydrogen (secondary N) is 1. The maximum absolute atomic E-state index is 12.3. The van der Waals surface area contributed by atoms with Crippen molar-refractivity contribution in [2.24, 2.45) is 0 Å². The van der Waals surface area contributed by atoms with Crippen molar-refractivity contribution in [2.75, 3.05) is 5.32 Å². The van der Waals surface area contributed by atoms with Gasteiger partial charge in [0.15, 0.2) is 0 Å². The Bertz CT molecular complexity index is 679. The number of amides is 1. The van der Waals surface area contributed by atoms with Gasteiger partial charge in [-0.25, -0.2) is 4.98 Å². The molecule has 0 aliphatic heterocycles. The lowest BCUT2D eigenvalue weighted by atomic mass is 10.1. The van der Waals surface area contributed by atoms with Gasteiger partial charge in [-0.2, -0.15) is 0 Å². The minimum atomic E-state index is -0.856. The highest BCUT2D eigenvalue weighted by molar-refractivity contribution is 7.13. The first-order valence-electron chi connectivity index (χ1n) is 6.52. The van der Waals surface area contributed by atoms with Crippen LogP contribution in [0, 0.1) is 13.8 Å². The highest BCUT2D eigenvalue weighted by Gasteiger charge is 2.15. The molecule has 0 unspecified atom stereocenters. The van der Waals surface area contributed by atoms with Crippen molar-refractivity contribution in [3.05, 3.63) is 45.4 Å². The highest BCUT2D eigenvalue weighted by Crippen LogP contribution is 2.21. The lowest BCUT2D eigenvalue weighted by Gasteiger charge is -2.09. The van der Waals surface area contributed by atoms with E-state index in [0.29, 0.717) is 22.7 Å². The molecule has 0 bridgehead atoms. The smallest absolute Gasteiger partial charge is 0.303 e. The molecular formula is C15H16N2O3S. The first kappa shape index (κ1) is 15.2. The molecule has 0 spiro atoms. The molecule has 1 aromatic carbocycles. The number of aromatic nitrogens is 1. The molecule has 6 heteroatoms. The van der Waals surface area contributed by atoms with E-state index in [0.717, 1.165) is 10.6 Å². The first-order valence-corrected chi connectivity index (χ1v) is 7.34. The predicted octanol–water partition coefficient (Wildman–Crippen LogP) is 3.03. The number of carbonyl (C=O) groups excluding carboxylic acids is 1. The molecule has 0 atom stereocenters. The largest absolute Gasteiger partial charge is 0.481 e. The third-order valence-corrected chi connectivity index (χ3v) is 4.06. The molecule has 0 aliphatic rings. The second-order valence-corrected chi connectivity index (χ2v) is 5.86. The molecule has 5 nitrogen and oxygen atoms in total. The summed E-state index contributed by atoms with van der Waals surface area (Å²) in [7, 11) is 0. The number of nitrogens with zero attached hydrogens (tertiary/aromatic N) is 1. The van der Waals surface area contributed by atoms with Crippen molar-refractivity contribution in [1.82, 2.24) is 4.98 Å². The average molecular weight is 304 g/mol. The van der Waals surface area contributed by atoms with Crippen molar-refractivity contribution in [1.29, 1.82) is 0 Å². The third-order valence-electron chi connectivity index (χ3n) is 2.98. The predicted molar refractivity (Wildman–Crippen MR) is 81.9 cm³/mol. The number of anilines is 1. The van der Waals surface area contributed by atoms with Crippen LogP contribution >= 0.6 is 11.3 Å². The summed E-state index contributed by atoms with van der Waals surface area (Å²) in [6.07, 6.45) is 0.415. The topological polar surface area (TPSA) is 79.3 Å². The zero-order valence-electron chi connectivity index (χ0n) is 11.8. The third kappa shape index (κ3) is 3.88.